The lowest BCUT2D eigenvalue weighted by atomic mass is 9.90. The van der Waals surface area contributed by atoms with Gasteiger partial charge in [-0.05, 0) is 32.1 Å². The van der Waals surface area contributed by atoms with E-state index in [9.17, 15) is 4.79 Å². The molecule has 1 aromatic heterocycles. The first-order valence-corrected chi connectivity index (χ1v) is 10.6. The Morgan fingerprint density at radius 3 is 2.36 bits per heavy atom. The van der Waals surface area contributed by atoms with E-state index in [-0.39, 0.29) is 5.91 Å². The van der Waals surface area contributed by atoms with E-state index >= 15 is 0 Å². The van der Waals surface area contributed by atoms with Crippen molar-refractivity contribution in [3.63, 3.8) is 0 Å². The van der Waals surface area contributed by atoms with Crippen molar-refractivity contribution in [2.75, 3.05) is 26.2 Å². The predicted molar refractivity (Wildman–Crippen MR) is 115 cm³/mol. The summed E-state index contributed by atoms with van der Waals surface area (Å²) in [5.41, 5.74) is 3.03. The molecular formula is C23H34N4O. The summed E-state index contributed by atoms with van der Waals surface area (Å²) >= 11 is 0. The van der Waals surface area contributed by atoms with Gasteiger partial charge in [-0.2, -0.15) is 5.10 Å². The molecule has 0 radical (unpaired) electrons. The second kappa shape index (κ2) is 9.87. The lowest BCUT2D eigenvalue weighted by Crippen LogP contribution is -2.40. The lowest BCUT2D eigenvalue weighted by Gasteiger charge is -2.33. The molecule has 5 heteroatoms. The molecule has 0 N–H and O–H groups in total. The molecule has 1 aliphatic heterocycles. The van der Waals surface area contributed by atoms with E-state index in [1.807, 2.05) is 27.8 Å². The minimum absolute atomic E-state index is 0.112. The van der Waals surface area contributed by atoms with E-state index in [1.165, 1.54) is 18.5 Å². The van der Waals surface area contributed by atoms with Crippen molar-refractivity contribution in [3.8, 4) is 0 Å². The number of hydrogen-bond donors (Lipinski definition) is 0. The first-order chi connectivity index (χ1) is 13.7. The summed E-state index contributed by atoms with van der Waals surface area (Å²) < 4.78 is 1.99. The maximum Gasteiger partial charge on any atom is 0.274 e. The van der Waals surface area contributed by atoms with Crippen molar-refractivity contribution in [1.82, 2.24) is 19.6 Å². The van der Waals surface area contributed by atoms with Crippen LogP contribution in [0.3, 0.4) is 0 Å². The number of carbonyl (C=O) groups excluding carboxylic acids is 1. The molecular weight excluding hydrogens is 348 g/mol. The summed E-state index contributed by atoms with van der Waals surface area (Å²) in [7, 11) is 0. The van der Waals surface area contributed by atoms with E-state index in [4.69, 9.17) is 5.10 Å². The molecule has 1 aromatic rings. The minimum atomic E-state index is 0.112. The van der Waals surface area contributed by atoms with Crippen molar-refractivity contribution >= 4 is 5.91 Å². The van der Waals surface area contributed by atoms with Gasteiger partial charge in [0.05, 0.1) is 6.54 Å². The molecule has 1 amide bonds. The third-order valence-electron chi connectivity index (χ3n) is 5.96. The maximum atomic E-state index is 13.3. The topological polar surface area (TPSA) is 41.4 Å². The number of hydrogen-bond acceptors (Lipinski definition) is 3. The second-order valence-corrected chi connectivity index (χ2v) is 7.88. The van der Waals surface area contributed by atoms with Gasteiger partial charge in [-0.15, -0.1) is 19.7 Å². The van der Waals surface area contributed by atoms with E-state index in [0.717, 1.165) is 63.8 Å². The fraction of sp³-hybridized carbons (Fsp3) is 0.565. The number of rotatable bonds is 8. The molecule has 152 valence electrons. The predicted octanol–water partition coefficient (Wildman–Crippen LogP) is 3.62. The molecule has 1 fully saturated rings. The van der Waals surface area contributed by atoms with Crippen LogP contribution in [-0.2, 0) is 19.4 Å². The summed E-state index contributed by atoms with van der Waals surface area (Å²) in [6.07, 6.45) is 13.2. The van der Waals surface area contributed by atoms with E-state index < -0.39 is 0 Å². The van der Waals surface area contributed by atoms with Crippen molar-refractivity contribution in [2.45, 2.75) is 57.5 Å². The van der Waals surface area contributed by atoms with Gasteiger partial charge in [0.15, 0.2) is 5.69 Å². The Balaban J connectivity index is 1.89. The summed E-state index contributed by atoms with van der Waals surface area (Å²) in [6.45, 7) is 15.7. The van der Waals surface area contributed by atoms with Gasteiger partial charge in [0.2, 0.25) is 0 Å². The average Bonchev–Trinajstić information content (AvgIpc) is 2.87. The molecule has 0 saturated carbocycles. The van der Waals surface area contributed by atoms with Crippen molar-refractivity contribution in [2.24, 2.45) is 0 Å². The summed E-state index contributed by atoms with van der Waals surface area (Å²) in [6, 6.07) is 0.389. The smallest absolute Gasteiger partial charge is 0.274 e. The summed E-state index contributed by atoms with van der Waals surface area (Å²) in [4.78, 5) is 17.8. The standard InChI is InChI=1S/C23H34N4O/c1-4-13-25(14-5-2)19-11-12-21-20(18-19)22(24-27(21)15-6-3)23(28)26-16-9-7-8-10-17-26/h4-6,19H,1-3,7-18H2. The third-order valence-corrected chi connectivity index (χ3v) is 5.96. The first kappa shape index (κ1) is 20.6. The lowest BCUT2D eigenvalue weighted by molar-refractivity contribution is 0.0753. The highest BCUT2D eigenvalue weighted by molar-refractivity contribution is 5.94. The van der Waals surface area contributed by atoms with Gasteiger partial charge < -0.3 is 4.90 Å². The largest absolute Gasteiger partial charge is 0.337 e. The number of likely N-dealkylation sites (tertiary alicyclic amines) is 1. The molecule has 0 bridgehead atoms. The molecule has 1 aliphatic carbocycles. The normalized spacial score (nSPS) is 19.8. The van der Waals surface area contributed by atoms with Crippen LogP contribution in [0.2, 0.25) is 0 Å². The van der Waals surface area contributed by atoms with Gasteiger partial charge in [-0.3, -0.25) is 14.4 Å². The van der Waals surface area contributed by atoms with Crippen LogP contribution in [0.4, 0.5) is 0 Å². The number of fused-ring (bicyclic) bond motifs is 1. The van der Waals surface area contributed by atoms with E-state index in [2.05, 4.69) is 24.6 Å². The number of amides is 1. The molecule has 2 aliphatic rings. The molecule has 0 spiro atoms. The number of aromatic nitrogens is 2. The molecule has 2 heterocycles. The zero-order valence-electron chi connectivity index (χ0n) is 17.1. The van der Waals surface area contributed by atoms with E-state index in [1.54, 1.807) is 0 Å². The molecule has 3 rings (SSSR count). The van der Waals surface area contributed by atoms with Crippen molar-refractivity contribution < 1.29 is 4.79 Å². The van der Waals surface area contributed by atoms with Crippen LogP contribution in [-0.4, -0.2) is 57.7 Å². The SMILES string of the molecule is C=CCN(CC=C)C1CCc2c(c(C(=O)N3CCCCCC3)nn2CC=C)C1. The van der Waals surface area contributed by atoms with Crippen molar-refractivity contribution in [1.29, 1.82) is 0 Å². The Morgan fingerprint density at radius 1 is 1.07 bits per heavy atom. The van der Waals surface area contributed by atoms with Crippen LogP contribution in [0.1, 0.15) is 53.8 Å². The third kappa shape index (κ3) is 4.46. The number of carbonyl (C=O) groups is 1. The zero-order valence-corrected chi connectivity index (χ0v) is 17.1. The van der Waals surface area contributed by atoms with Gasteiger partial charge in [-0.1, -0.05) is 31.1 Å². The Hall–Kier alpha value is -2.14. The Kier molecular flexibility index (Phi) is 7.26. The highest BCUT2D eigenvalue weighted by atomic mass is 16.2. The highest BCUT2D eigenvalue weighted by Gasteiger charge is 2.32. The van der Waals surface area contributed by atoms with Gasteiger partial charge >= 0.3 is 0 Å². The molecule has 1 saturated heterocycles. The molecule has 0 aromatic carbocycles. The summed E-state index contributed by atoms with van der Waals surface area (Å²) in [5, 5.41) is 4.77. The molecule has 28 heavy (non-hydrogen) atoms. The fourth-order valence-electron chi connectivity index (χ4n) is 4.55. The quantitative estimate of drug-likeness (QED) is 0.645. The Labute approximate surface area is 169 Å². The van der Waals surface area contributed by atoms with Crippen molar-refractivity contribution in [3.05, 3.63) is 54.9 Å². The van der Waals surface area contributed by atoms with Crippen LogP contribution in [0.25, 0.3) is 0 Å². The van der Waals surface area contributed by atoms with Crippen LogP contribution in [0, 0.1) is 0 Å². The number of allylic oxidation sites excluding steroid dienone is 1. The van der Waals surface area contributed by atoms with E-state index in [0.29, 0.717) is 18.3 Å². The van der Waals surface area contributed by atoms with Crippen LogP contribution < -0.4 is 0 Å². The molecule has 1 unspecified atom stereocenters. The highest BCUT2D eigenvalue weighted by Crippen LogP contribution is 2.29. The Morgan fingerprint density at radius 2 is 1.75 bits per heavy atom. The fourth-order valence-corrected chi connectivity index (χ4v) is 4.55. The first-order valence-electron chi connectivity index (χ1n) is 10.6. The van der Waals surface area contributed by atoms with Crippen LogP contribution >= 0.6 is 0 Å². The number of nitrogens with zero attached hydrogens (tertiary/aromatic N) is 4. The summed E-state index contributed by atoms with van der Waals surface area (Å²) in [5.74, 6) is 0.112. The average molecular weight is 383 g/mol. The second-order valence-electron chi connectivity index (χ2n) is 7.88. The van der Waals surface area contributed by atoms with Gasteiger partial charge in [0.1, 0.15) is 0 Å². The zero-order chi connectivity index (χ0) is 19.9. The molecule has 5 nitrogen and oxygen atoms in total. The van der Waals surface area contributed by atoms with Gasteiger partial charge in [0.25, 0.3) is 5.91 Å². The molecule has 1 atom stereocenters. The monoisotopic (exact) mass is 382 g/mol. The van der Waals surface area contributed by atoms with Gasteiger partial charge in [-0.25, -0.2) is 0 Å². The Bertz CT molecular complexity index is 702. The maximum absolute atomic E-state index is 13.3. The van der Waals surface area contributed by atoms with Gasteiger partial charge in [0, 0.05) is 43.5 Å². The van der Waals surface area contributed by atoms with Crippen LogP contribution in [0.5, 0.6) is 0 Å². The minimum Gasteiger partial charge on any atom is -0.337 e. The van der Waals surface area contributed by atoms with Crippen LogP contribution in [0.15, 0.2) is 38.0 Å².